The maximum absolute atomic E-state index is 14.4. The fourth-order valence-corrected chi connectivity index (χ4v) is 8.21. The lowest BCUT2D eigenvalue weighted by atomic mass is 9.68. The molecule has 3 heterocycles. The molecule has 2 aliphatic heterocycles. The SMILES string of the molecule is O=C([C@@H]1C[NH2+]C[C@]12CCCc1nc(Cl)sc12)N1CC[C@@H](c2ccccc2)C[C@H]1c1ccccc1.[Cl-]. The Morgan fingerprint density at radius 2 is 1.80 bits per heavy atom. The Kier molecular flexibility index (Phi) is 7.23. The van der Waals surface area contributed by atoms with E-state index in [0.29, 0.717) is 16.3 Å². The summed E-state index contributed by atoms with van der Waals surface area (Å²) in [6.07, 6.45) is 5.11. The smallest absolute Gasteiger partial charge is 0.233 e. The largest absolute Gasteiger partial charge is 1.00 e. The number of carbonyl (C=O) groups excluding carboxylic acids is 1. The van der Waals surface area contributed by atoms with E-state index in [1.807, 2.05) is 0 Å². The maximum Gasteiger partial charge on any atom is 0.233 e. The molecule has 0 radical (unpaired) electrons. The second kappa shape index (κ2) is 10.2. The summed E-state index contributed by atoms with van der Waals surface area (Å²) in [6, 6.07) is 21.6. The molecule has 1 aromatic heterocycles. The number of likely N-dealkylation sites (tertiary alicyclic amines) is 1. The molecule has 0 saturated carbocycles. The molecule has 35 heavy (non-hydrogen) atoms. The van der Waals surface area contributed by atoms with Crippen LogP contribution < -0.4 is 17.7 Å². The lowest BCUT2D eigenvalue weighted by molar-refractivity contribution is -0.640. The number of amides is 1. The van der Waals surface area contributed by atoms with Crippen LogP contribution in [0.3, 0.4) is 0 Å². The molecule has 7 heteroatoms. The Morgan fingerprint density at radius 3 is 2.54 bits per heavy atom. The number of aromatic nitrogens is 1. The molecule has 2 fully saturated rings. The van der Waals surface area contributed by atoms with Gasteiger partial charge < -0.3 is 22.6 Å². The molecule has 2 saturated heterocycles. The van der Waals surface area contributed by atoms with Crippen molar-refractivity contribution in [1.82, 2.24) is 9.88 Å². The number of halogens is 2. The summed E-state index contributed by atoms with van der Waals surface area (Å²) in [7, 11) is 0. The highest BCUT2D eigenvalue weighted by molar-refractivity contribution is 7.16. The number of hydrogen-bond donors (Lipinski definition) is 1. The molecule has 1 aliphatic carbocycles. The van der Waals surface area contributed by atoms with Crippen molar-refractivity contribution in [3.05, 3.63) is 86.8 Å². The highest BCUT2D eigenvalue weighted by Crippen LogP contribution is 2.49. The van der Waals surface area contributed by atoms with E-state index in [4.69, 9.17) is 11.6 Å². The third-order valence-electron chi connectivity index (χ3n) is 8.38. The molecule has 1 amide bonds. The van der Waals surface area contributed by atoms with E-state index < -0.39 is 0 Å². The van der Waals surface area contributed by atoms with Crippen LogP contribution in [0, 0.1) is 5.92 Å². The molecule has 4 atom stereocenters. The number of hydrogen-bond acceptors (Lipinski definition) is 3. The van der Waals surface area contributed by atoms with Crippen LogP contribution in [0.4, 0.5) is 0 Å². The predicted molar refractivity (Wildman–Crippen MR) is 136 cm³/mol. The third-order valence-corrected chi connectivity index (χ3v) is 9.80. The van der Waals surface area contributed by atoms with Gasteiger partial charge in [0.1, 0.15) is 5.92 Å². The van der Waals surface area contributed by atoms with Gasteiger partial charge in [0.15, 0.2) is 4.47 Å². The van der Waals surface area contributed by atoms with E-state index in [1.165, 1.54) is 16.0 Å². The molecular weight excluding hydrogens is 497 g/mol. The number of aryl methyl sites for hydroxylation is 1. The van der Waals surface area contributed by atoms with Crippen LogP contribution in [0.5, 0.6) is 0 Å². The van der Waals surface area contributed by atoms with Crippen molar-refractivity contribution in [3.63, 3.8) is 0 Å². The zero-order chi connectivity index (χ0) is 23.1. The Morgan fingerprint density at radius 1 is 1.09 bits per heavy atom. The molecule has 2 aromatic carbocycles. The van der Waals surface area contributed by atoms with Gasteiger partial charge in [0.05, 0.1) is 30.2 Å². The van der Waals surface area contributed by atoms with Gasteiger partial charge in [0.2, 0.25) is 5.91 Å². The lowest BCUT2D eigenvalue weighted by Gasteiger charge is -2.43. The fourth-order valence-electron chi connectivity index (χ4n) is 6.75. The van der Waals surface area contributed by atoms with Crippen molar-refractivity contribution >= 4 is 28.8 Å². The molecule has 184 valence electrons. The van der Waals surface area contributed by atoms with Crippen LogP contribution in [0.1, 0.15) is 59.3 Å². The monoisotopic (exact) mass is 527 g/mol. The number of rotatable bonds is 3. The second-order valence-corrected chi connectivity index (χ2v) is 11.7. The van der Waals surface area contributed by atoms with Crippen molar-refractivity contribution in [2.75, 3.05) is 19.6 Å². The lowest BCUT2D eigenvalue weighted by Crippen LogP contribution is -3.00. The number of carbonyl (C=O) groups is 1. The van der Waals surface area contributed by atoms with Gasteiger partial charge in [-0.05, 0) is 49.1 Å². The van der Waals surface area contributed by atoms with E-state index in [2.05, 4.69) is 75.9 Å². The summed E-state index contributed by atoms with van der Waals surface area (Å²) in [5.41, 5.74) is 3.65. The molecule has 0 unspecified atom stereocenters. The van der Waals surface area contributed by atoms with Gasteiger partial charge in [-0.1, -0.05) is 72.3 Å². The first-order valence-electron chi connectivity index (χ1n) is 12.5. The molecule has 2 N–H and O–H groups in total. The minimum absolute atomic E-state index is 0. The maximum atomic E-state index is 14.4. The topological polar surface area (TPSA) is 49.8 Å². The number of thiazole rings is 1. The normalized spacial score (nSPS) is 27.9. The summed E-state index contributed by atoms with van der Waals surface area (Å²) in [6.45, 7) is 2.63. The quantitative estimate of drug-likeness (QED) is 0.563. The molecule has 3 aliphatic rings. The highest BCUT2D eigenvalue weighted by Gasteiger charge is 2.56. The molecule has 1 spiro atoms. The molecule has 4 nitrogen and oxygen atoms in total. The number of quaternary nitrogens is 1. The zero-order valence-corrected chi connectivity index (χ0v) is 22.0. The number of benzene rings is 2. The average molecular weight is 529 g/mol. The highest BCUT2D eigenvalue weighted by atomic mass is 35.5. The summed E-state index contributed by atoms with van der Waals surface area (Å²) in [4.78, 5) is 22.5. The fraction of sp³-hybridized carbons (Fsp3) is 0.429. The van der Waals surface area contributed by atoms with Gasteiger partial charge in [-0.25, -0.2) is 4.98 Å². The van der Waals surface area contributed by atoms with Crippen molar-refractivity contribution in [2.24, 2.45) is 5.92 Å². The first kappa shape index (κ1) is 24.8. The Hall–Kier alpha value is -1.92. The predicted octanol–water partition coefficient (Wildman–Crippen LogP) is 1.72. The first-order valence-corrected chi connectivity index (χ1v) is 13.7. The zero-order valence-electron chi connectivity index (χ0n) is 19.7. The summed E-state index contributed by atoms with van der Waals surface area (Å²) in [5, 5.41) is 2.35. The number of fused-ring (bicyclic) bond motifs is 2. The van der Waals surface area contributed by atoms with Crippen LogP contribution in [0.25, 0.3) is 0 Å². The minimum Gasteiger partial charge on any atom is -1.00 e. The van der Waals surface area contributed by atoms with Crippen LogP contribution in [-0.4, -0.2) is 35.4 Å². The third kappa shape index (κ3) is 4.42. The van der Waals surface area contributed by atoms with Crippen molar-refractivity contribution in [3.8, 4) is 0 Å². The molecule has 0 bridgehead atoms. The van der Waals surface area contributed by atoms with Crippen molar-refractivity contribution in [2.45, 2.75) is 49.5 Å². The number of piperidine rings is 1. The van der Waals surface area contributed by atoms with Gasteiger partial charge >= 0.3 is 0 Å². The van der Waals surface area contributed by atoms with Gasteiger partial charge in [-0.3, -0.25) is 4.79 Å². The summed E-state index contributed by atoms with van der Waals surface area (Å²) in [5.74, 6) is 0.787. The van der Waals surface area contributed by atoms with E-state index >= 15 is 0 Å². The minimum atomic E-state index is -0.118. The second-order valence-electron chi connectivity index (χ2n) is 10.1. The summed E-state index contributed by atoms with van der Waals surface area (Å²) < 4.78 is 0.621. The molecule has 6 rings (SSSR count). The summed E-state index contributed by atoms with van der Waals surface area (Å²) >= 11 is 7.98. The van der Waals surface area contributed by atoms with Crippen LogP contribution >= 0.6 is 22.9 Å². The van der Waals surface area contributed by atoms with Gasteiger partial charge in [0.25, 0.3) is 0 Å². The van der Waals surface area contributed by atoms with Crippen LogP contribution in [-0.2, 0) is 16.6 Å². The Bertz CT molecular complexity index is 1170. The van der Waals surface area contributed by atoms with Crippen LogP contribution in [0.2, 0.25) is 4.47 Å². The van der Waals surface area contributed by atoms with Gasteiger partial charge in [-0.2, -0.15) is 0 Å². The number of nitrogens with two attached hydrogens (primary N) is 1. The number of nitrogens with zero attached hydrogens (tertiary/aromatic N) is 2. The van der Waals surface area contributed by atoms with Crippen molar-refractivity contribution < 1.29 is 22.5 Å². The Balaban J connectivity index is 0.00000253. The van der Waals surface area contributed by atoms with E-state index in [-0.39, 0.29) is 29.8 Å². The Labute approximate surface area is 222 Å². The first-order chi connectivity index (χ1) is 16.7. The standard InChI is InChI=1S/C28H30ClN3OS.ClH/c29-27-31-23-12-7-14-28(25(23)34-27)18-30-17-22(28)26(33)32-15-13-21(19-8-3-1-4-9-19)16-24(32)20-10-5-2-6-11-20;/h1-6,8-11,21-22,24,30H,7,12-18H2;1H/t21-,22+,24+,28-;/m1./s1. The molecule has 3 aromatic rings. The van der Waals surface area contributed by atoms with Gasteiger partial charge in [-0.15, -0.1) is 11.3 Å². The van der Waals surface area contributed by atoms with Crippen molar-refractivity contribution in [1.29, 1.82) is 0 Å². The molecular formula is C28H31Cl2N3OS. The van der Waals surface area contributed by atoms with E-state index in [1.54, 1.807) is 11.3 Å². The van der Waals surface area contributed by atoms with Gasteiger partial charge in [0, 0.05) is 11.4 Å². The van der Waals surface area contributed by atoms with E-state index in [9.17, 15) is 4.79 Å². The van der Waals surface area contributed by atoms with Crippen LogP contribution in [0.15, 0.2) is 60.7 Å². The van der Waals surface area contributed by atoms with E-state index in [0.717, 1.165) is 57.4 Å². The average Bonchev–Trinajstić information content (AvgIpc) is 3.48.